The highest BCUT2D eigenvalue weighted by Crippen LogP contribution is 2.41. The lowest BCUT2D eigenvalue weighted by Crippen LogP contribution is -2.45. The van der Waals surface area contributed by atoms with E-state index in [0.717, 1.165) is 22.2 Å². The zero-order chi connectivity index (χ0) is 25.7. The number of fused-ring (bicyclic) bond motifs is 1. The highest BCUT2D eigenvalue weighted by Gasteiger charge is 2.41. The summed E-state index contributed by atoms with van der Waals surface area (Å²) in [6.07, 6.45) is 2.38. The van der Waals surface area contributed by atoms with Gasteiger partial charge in [0.2, 0.25) is 0 Å². The van der Waals surface area contributed by atoms with Crippen molar-refractivity contribution < 1.29 is 19.7 Å². The van der Waals surface area contributed by atoms with Crippen LogP contribution < -0.4 is 4.74 Å². The molecule has 2 heterocycles. The van der Waals surface area contributed by atoms with E-state index in [1.807, 2.05) is 30.3 Å². The number of methoxy groups -OCH3 is 1. The fourth-order valence-electron chi connectivity index (χ4n) is 4.81. The zero-order valence-corrected chi connectivity index (χ0v) is 22.5. The molecular weight excluding hydrogens is 519 g/mol. The first-order valence-corrected chi connectivity index (χ1v) is 13.7. The molecule has 1 saturated heterocycles. The third kappa shape index (κ3) is 6.09. The van der Waals surface area contributed by atoms with E-state index in [1.54, 1.807) is 31.0 Å². The molecule has 36 heavy (non-hydrogen) atoms. The molecular formula is C27H30Cl2N2O4S. The Hall–Kier alpha value is -2.03. The van der Waals surface area contributed by atoms with E-state index >= 15 is 0 Å². The lowest BCUT2D eigenvalue weighted by molar-refractivity contribution is -0.153. The molecule has 6 nitrogen and oxygen atoms in total. The highest BCUT2D eigenvalue weighted by molar-refractivity contribution is 7.99. The van der Waals surface area contributed by atoms with Crippen molar-refractivity contribution in [3.8, 4) is 5.75 Å². The number of aliphatic carboxylic acids is 1. The summed E-state index contributed by atoms with van der Waals surface area (Å²) in [5.74, 6) is 0.730. The van der Waals surface area contributed by atoms with Crippen LogP contribution in [-0.2, 0) is 4.79 Å². The van der Waals surface area contributed by atoms with Gasteiger partial charge >= 0.3 is 5.97 Å². The summed E-state index contributed by atoms with van der Waals surface area (Å²) >= 11 is 14.4. The number of nitrogens with zero attached hydrogens (tertiary/aromatic N) is 2. The molecule has 2 N–H and O–H groups in total. The number of ether oxygens (including phenoxy) is 1. The topological polar surface area (TPSA) is 82.9 Å². The van der Waals surface area contributed by atoms with Gasteiger partial charge in [0.05, 0.1) is 34.2 Å². The number of halogens is 2. The van der Waals surface area contributed by atoms with Gasteiger partial charge in [-0.15, -0.1) is 11.8 Å². The van der Waals surface area contributed by atoms with Crippen LogP contribution in [0.1, 0.15) is 37.4 Å². The molecule has 0 saturated carbocycles. The summed E-state index contributed by atoms with van der Waals surface area (Å²) in [6, 6.07) is 13.2. The second-order valence-corrected chi connectivity index (χ2v) is 11.1. The van der Waals surface area contributed by atoms with E-state index in [2.05, 4.69) is 9.88 Å². The summed E-state index contributed by atoms with van der Waals surface area (Å²) in [7, 11) is 1.58. The number of hydrogen-bond acceptors (Lipinski definition) is 6. The Morgan fingerprint density at radius 3 is 2.64 bits per heavy atom. The first-order chi connectivity index (χ1) is 17.3. The first-order valence-electron chi connectivity index (χ1n) is 12.0. The van der Waals surface area contributed by atoms with Gasteiger partial charge in [0, 0.05) is 34.3 Å². The van der Waals surface area contributed by atoms with Gasteiger partial charge in [-0.05, 0) is 69.1 Å². The Labute approximate surface area is 225 Å². The molecule has 0 spiro atoms. The van der Waals surface area contributed by atoms with Crippen molar-refractivity contribution >= 4 is 51.8 Å². The van der Waals surface area contributed by atoms with Crippen LogP contribution in [0.2, 0.25) is 10.0 Å². The number of hydrogen-bond donors (Lipinski definition) is 2. The molecule has 2 aromatic carbocycles. The second-order valence-electron chi connectivity index (χ2n) is 9.16. The maximum absolute atomic E-state index is 12.4. The van der Waals surface area contributed by atoms with Crippen LogP contribution in [-0.4, -0.2) is 58.6 Å². The summed E-state index contributed by atoms with van der Waals surface area (Å²) in [5, 5.41) is 23.1. The minimum Gasteiger partial charge on any atom is -0.497 e. The average molecular weight is 550 g/mol. The normalized spacial score (nSPS) is 16.7. The van der Waals surface area contributed by atoms with Crippen molar-refractivity contribution in [3.63, 3.8) is 0 Å². The van der Waals surface area contributed by atoms with E-state index in [1.165, 1.54) is 6.20 Å². The Balaban J connectivity index is 1.38. The number of pyridine rings is 1. The van der Waals surface area contributed by atoms with Crippen molar-refractivity contribution in [3.05, 3.63) is 64.3 Å². The number of benzene rings is 2. The monoisotopic (exact) mass is 548 g/mol. The van der Waals surface area contributed by atoms with Crippen LogP contribution in [0.4, 0.5) is 0 Å². The Morgan fingerprint density at radius 2 is 1.94 bits per heavy atom. The number of piperidine rings is 1. The fourth-order valence-corrected chi connectivity index (χ4v) is 6.34. The van der Waals surface area contributed by atoms with Crippen molar-refractivity contribution in [2.24, 2.45) is 5.41 Å². The summed E-state index contributed by atoms with van der Waals surface area (Å²) in [6.45, 7) is 2.29. The molecule has 1 aliphatic heterocycles. The van der Waals surface area contributed by atoms with Crippen LogP contribution in [0.15, 0.2) is 53.6 Å². The smallest absolute Gasteiger partial charge is 0.309 e. The van der Waals surface area contributed by atoms with E-state index < -0.39 is 17.5 Å². The minimum absolute atomic E-state index is 0.296. The van der Waals surface area contributed by atoms with E-state index in [-0.39, 0.29) is 0 Å². The molecule has 1 atom stereocenters. The van der Waals surface area contributed by atoms with Gasteiger partial charge in [-0.3, -0.25) is 9.78 Å². The number of likely N-dealkylation sites (tertiary alicyclic amines) is 1. The number of aliphatic hydroxyl groups excluding tert-OH is 1. The largest absolute Gasteiger partial charge is 0.497 e. The van der Waals surface area contributed by atoms with E-state index in [4.69, 9.17) is 27.9 Å². The van der Waals surface area contributed by atoms with Gasteiger partial charge in [-0.2, -0.15) is 0 Å². The van der Waals surface area contributed by atoms with Crippen molar-refractivity contribution in [2.45, 2.75) is 36.7 Å². The third-order valence-corrected chi connectivity index (χ3v) is 8.86. The predicted octanol–water partition coefficient (Wildman–Crippen LogP) is 6.32. The van der Waals surface area contributed by atoms with Crippen molar-refractivity contribution in [1.29, 1.82) is 0 Å². The summed E-state index contributed by atoms with van der Waals surface area (Å²) < 4.78 is 5.33. The maximum atomic E-state index is 12.4. The number of rotatable bonds is 10. The van der Waals surface area contributed by atoms with Crippen molar-refractivity contribution in [1.82, 2.24) is 9.88 Å². The lowest BCUT2D eigenvalue weighted by atomic mass is 9.74. The number of thioether (sulfide) groups is 1. The summed E-state index contributed by atoms with van der Waals surface area (Å²) in [4.78, 5) is 20.1. The van der Waals surface area contributed by atoms with Crippen LogP contribution in [0.5, 0.6) is 5.75 Å². The Morgan fingerprint density at radius 1 is 1.19 bits per heavy atom. The molecule has 0 unspecified atom stereocenters. The molecule has 3 aromatic rings. The molecule has 0 aliphatic carbocycles. The Bertz CT molecular complexity index is 1220. The first kappa shape index (κ1) is 27.0. The van der Waals surface area contributed by atoms with Gasteiger partial charge in [0.15, 0.2) is 0 Å². The second kappa shape index (κ2) is 12.0. The SMILES string of the molecule is COc1ccc2ncc(Cl)c([C@@H](O)CCC3(C(=O)O)CCN(CCSc4ccccc4Cl)CC3)c2c1. The van der Waals surface area contributed by atoms with E-state index in [0.29, 0.717) is 66.0 Å². The third-order valence-electron chi connectivity index (χ3n) is 7.07. The zero-order valence-electron chi connectivity index (χ0n) is 20.1. The lowest BCUT2D eigenvalue weighted by Gasteiger charge is -2.39. The number of carboxylic acid groups (broad SMARTS) is 1. The number of carboxylic acids is 1. The van der Waals surface area contributed by atoms with Crippen LogP contribution in [0.3, 0.4) is 0 Å². The van der Waals surface area contributed by atoms with Gasteiger partial charge < -0.3 is 19.8 Å². The number of carbonyl (C=O) groups is 1. The number of aliphatic hydroxyl groups is 1. The molecule has 0 amide bonds. The summed E-state index contributed by atoms with van der Waals surface area (Å²) in [5.41, 5.74) is 0.403. The number of aromatic nitrogens is 1. The van der Waals surface area contributed by atoms with E-state index in [9.17, 15) is 15.0 Å². The fraction of sp³-hybridized carbons (Fsp3) is 0.407. The quantitative estimate of drug-likeness (QED) is 0.286. The van der Waals surface area contributed by atoms with Crippen LogP contribution in [0.25, 0.3) is 10.9 Å². The van der Waals surface area contributed by atoms with Gasteiger partial charge in [0.1, 0.15) is 5.75 Å². The van der Waals surface area contributed by atoms with Crippen molar-refractivity contribution in [2.75, 3.05) is 32.5 Å². The van der Waals surface area contributed by atoms with Gasteiger partial charge in [0.25, 0.3) is 0 Å². The standard InChI is InChI=1S/C27H30Cl2N2O4S/c1-35-18-6-7-22-19(16-18)25(21(29)17-30-22)23(32)8-9-27(26(33)34)10-12-31(13-11-27)14-15-36-24-5-3-2-4-20(24)28/h2-7,16-17,23,32H,8-15H2,1H3,(H,33,34)/t23-/m0/s1. The molecule has 1 fully saturated rings. The molecule has 1 aromatic heterocycles. The van der Waals surface area contributed by atoms with Gasteiger partial charge in [-0.1, -0.05) is 35.3 Å². The molecule has 4 rings (SSSR count). The van der Waals surface area contributed by atoms with Crippen LogP contribution in [0, 0.1) is 5.41 Å². The average Bonchev–Trinajstić information content (AvgIpc) is 2.88. The molecule has 0 bridgehead atoms. The predicted molar refractivity (Wildman–Crippen MR) is 145 cm³/mol. The van der Waals surface area contributed by atoms with Crippen LogP contribution >= 0.6 is 35.0 Å². The molecule has 0 radical (unpaired) electrons. The van der Waals surface area contributed by atoms with Gasteiger partial charge in [-0.25, -0.2) is 0 Å². The Kier molecular flexibility index (Phi) is 9.01. The molecule has 192 valence electrons. The molecule has 1 aliphatic rings. The molecule has 9 heteroatoms. The highest BCUT2D eigenvalue weighted by atomic mass is 35.5. The minimum atomic E-state index is -0.906. The maximum Gasteiger partial charge on any atom is 0.309 e.